The lowest BCUT2D eigenvalue weighted by molar-refractivity contribution is -0.121. The molecule has 1 amide bonds. The third-order valence-corrected chi connectivity index (χ3v) is 4.19. The number of nitrogens with two attached hydrogens (primary N) is 1. The normalized spacial score (nSPS) is 10.9. The van der Waals surface area contributed by atoms with Crippen molar-refractivity contribution in [2.45, 2.75) is 6.54 Å². The molecule has 0 bridgehead atoms. The molecular weight excluding hydrogens is 452 g/mol. The number of carbonyl (C=O) groups excluding carboxylic acids is 2. The Morgan fingerprint density at radius 3 is 2.69 bits per heavy atom. The molecule has 1 aromatic heterocycles. The van der Waals surface area contributed by atoms with Crippen molar-refractivity contribution in [3.63, 3.8) is 0 Å². The maximum atomic E-state index is 13.4. The number of tetrazole rings is 1. The van der Waals surface area contributed by atoms with Crippen LogP contribution in [0.2, 0.25) is 5.02 Å². The molecule has 3 rings (SSSR count). The number of hydrogen-bond acceptors (Lipinski definition) is 9. The Balaban J connectivity index is 1.67. The van der Waals surface area contributed by atoms with Gasteiger partial charge in [0.2, 0.25) is 5.95 Å². The van der Waals surface area contributed by atoms with Crippen molar-refractivity contribution in [3.8, 4) is 11.5 Å². The summed E-state index contributed by atoms with van der Waals surface area (Å²) in [5, 5.41) is 13.8. The number of rotatable bonds is 7. The van der Waals surface area contributed by atoms with Crippen LogP contribution in [-0.4, -0.2) is 45.4 Å². The van der Waals surface area contributed by atoms with Crippen molar-refractivity contribution in [1.82, 2.24) is 25.6 Å². The molecule has 0 saturated heterocycles. The number of esters is 1. The van der Waals surface area contributed by atoms with Gasteiger partial charge >= 0.3 is 5.97 Å². The summed E-state index contributed by atoms with van der Waals surface area (Å²) in [4.78, 5) is 24.1. The third-order valence-electron chi connectivity index (χ3n) is 3.88. The quantitative estimate of drug-likeness (QED) is 0.176. The molecule has 0 saturated carbocycles. The largest absolute Gasteiger partial charge is 0.493 e. The molecule has 3 N–H and O–H groups in total. The molecule has 0 aliphatic carbocycles. The van der Waals surface area contributed by atoms with Gasteiger partial charge in [0.15, 0.2) is 23.1 Å². The van der Waals surface area contributed by atoms with E-state index in [1.807, 2.05) is 0 Å². The molecule has 0 radical (unpaired) electrons. The summed E-state index contributed by atoms with van der Waals surface area (Å²) >= 11 is 5.79. The van der Waals surface area contributed by atoms with Gasteiger partial charge in [-0.1, -0.05) is 16.7 Å². The minimum absolute atomic E-state index is 0.00589. The molecule has 11 nitrogen and oxygen atoms in total. The second kappa shape index (κ2) is 9.78. The predicted octanol–water partition coefficient (Wildman–Crippen LogP) is 1.56. The van der Waals surface area contributed by atoms with Crippen LogP contribution in [0.25, 0.3) is 0 Å². The maximum Gasteiger partial charge on any atom is 0.345 e. The van der Waals surface area contributed by atoms with Gasteiger partial charge < -0.3 is 15.2 Å². The first-order valence-corrected chi connectivity index (χ1v) is 9.04. The lowest BCUT2D eigenvalue weighted by atomic mass is 10.2. The van der Waals surface area contributed by atoms with Gasteiger partial charge in [0.05, 0.1) is 23.9 Å². The number of anilines is 1. The van der Waals surface area contributed by atoms with E-state index in [1.165, 1.54) is 31.5 Å². The highest BCUT2D eigenvalue weighted by Crippen LogP contribution is 2.29. The lowest BCUT2D eigenvalue weighted by Crippen LogP contribution is -2.24. The number of halogens is 3. The highest BCUT2D eigenvalue weighted by molar-refractivity contribution is 6.33. The molecule has 0 aliphatic heterocycles. The first-order chi connectivity index (χ1) is 15.3. The first-order valence-electron chi connectivity index (χ1n) is 8.66. The highest BCUT2D eigenvalue weighted by atomic mass is 35.5. The van der Waals surface area contributed by atoms with Gasteiger partial charge in [-0.3, -0.25) is 4.79 Å². The van der Waals surface area contributed by atoms with Crippen molar-refractivity contribution in [1.29, 1.82) is 0 Å². The van der Waals surface area contributed by atoms with Gasteiger partial charge in [-0.25, -0.2) is 23.7 Å². The van der Waals surface area contributed by atoms with Crippen molar-refractivity contribution in [2.75, 3.05) is 12.8 Å². The SMILES string of the molecule is COc1cc(/C=N/NC(=O)Cn2nnnc2N)ccc1OC(=O)c1cc(F)c(F)cc1Cl. The lowest BCUT2D eigenvalue weighted by Gasteiger charge is -2.11. The van der Waals surface area contributed by atoms with E-state index in [0.29, 0.717) is 17.7 Å². The van der Waals surface area contributed by atoms with Crippen LogP contribution < -0.4 is 20.6 Å². The molecule has 3 aromatic rings. The van der Waals surface area contributed by atoms with E-state index in [1.54, 1.807) is 0 Å². The van der Waals surface area contributed by atoms with Crippen molar-refractivity contribution >= 4 is 35.6 Å². The van der Waals surface area contributed by atoms with Crippen LogP contribution in [0.3, 0.4) is 0 Å². The summed E-state index contributed by atoms with van der Waals surface area (Å²) < 4.78 is 38.1. The average molecular weight is 466 g/mol. The molecule has 1 heterocycles. The number of ether oxygens (including phenoxy) is 2. The summed E-state index contributed by atoms with van der Waals surface area (Å²) in [7, 11) is 1.33. The Labute approximate surface area is 183 Å². The van der Waals surface area contributed by atoms with E-state index >= 15 is 0 Å². The number of amides is 1. The minimum atomic E-state index is -1.25. The van der Waals surface area contributed by atoms with E-state index in [0.717, 1.165) is 4.68 Å². The summed E-state index contributed by atoms with van der Waals surface area (Å²) in [6.07, 6.45) is 1.31. The zero-order chi connectivity index (χ0) is 23.3. The van der Waals surface area contributed by atoms with E-state index in [4.69, 9.17) is 26.8 Å². The van der Waals surface area contributed by atoms with Crippen LogP contribution in [0.1, 0.15) is 15.9 Å². The van der Waals surface area contributed by atoms with Gasteiger partial charge in [-0.15, -0.1) is 0 Å². The molecule has 14 heteroatoms. The monoisotopic (exact) mass is 465 g/mol. The van der Waals surface area contributed by atoms with Gasteiger partial charge in [0.25, 0.3) is 5.91 Å². The molecule has 0 atom stereocenters. The molecule has 0 aliphatic rings. The second-order valence-electron chi connectivity index (χ2n) is 6.03. The number of methoxy groups -OCH3 is 1. The number of carbonyl (C=O) groups is 2. The zero-order valence-electron chi connectivity index (χ0n) is 16.3. The Hall–Kier alpha value is -4.13. The van der Waals surface area contributed by atoms with Crippen molar-refractivity contribution in [3.05, 3.63) is 58.1 Å². The van der Waals surface area contributed by atoms with Gasteiger partial charge in [0.1, 0.15) is 6.54 Å². The smallest absolute Gasteiger partial charge is 0.345 e. The molecular formula is C18H14ClF2N7O4. The van der Waals surface area contributed by atoms with Crippen molar-refractivity contribution in [2.24, 2.45) is 5.10 Å². The molecule has 0 unspecified atom stereocenters. The van der Waals surface area contributed by atoms with Crippen LogP contribution in [0.4, 0.5) is 14.7 Å². The number of nitrogens with one attached hydrogen (secondary N) is 1. The Morgan fingerprint density at radius 2 is 2.00 bits per heavy atom. The van der Waals surface area contributed by atoms with Gasteiger partial charge in [0, 0.05) is 0 Å². The molecule has 166 valence electrons. The van der Waals surface area contributed by atoms with Gasteiger partial charge in [-0.05, 0) is 46.3 Å². The number of hydrogen-bond donors (Lipinski definition) is 2. The fourth-order valence-corrected chi connectivity index (χ4v) is 2.58. The van der Waals surface area contributed by atoms with Crippen molar-refractivity contribution < 1.29 is 27.8 Å². The first kappa shape index (κ1) is 22.6. The van der Waals surface area contributed by atoms with Crippen LogP contribution in [-0.2, 0) is 11.3 Å². The second-order valence-corrected chi connectivity index (χ2v) is 6.44. The summed E-state index contributed by atoms with van der Waals surface area (Å²) in [5.41, 5.74) is 7.86. The fourth-order valence-electron chi connectivity index (χ4n) is 2.36. The molecule has 0 fully saturated rings. The summed E-state index contributed by atoms with van der Waals surface area (Å²) in [6, 6.07) is 5.67. The predicted molar refractivity (Wildman–Crippen MR) is 107 cm³/mol. The Kier molecular flexibility index (Phi) is 6.90. The number of benzene rings is 2. The van der Waals surface area contributed by atoms with E-state index in [9.17, 15) is 18.4 Å². The zero-order valence-corrected chi connectivity index (χ0v) is 17.0. The maximum absolute atomic E-state index is 13.4. The average Bonchev–Trinajstić information content (AvgIpc) is 3.15. The standard InChI is InChI=1S/C18H14ClF2N7O4/c1-31-15-4-9(7-23-24-16(29)8-28-18(22)25-26-27-28)2-3-14(15)32-17(30)10-5-12(20)13(21)6-11(10)19/h2-7H,8H2,1H3,(H,24,29)(H2,22,25,27)/b23-7+. The van der Waals surface area contributed by atoms with Crippen LogP contribution in [0.15, 0.2) is 35.4 Å². The van der Waals surface area contributed by atoms with E-state index < -0.39 is 23.5 Å². The highest BCUT2D eigenvalue weighted by Gasteiger charge is 2.19. The molecule has 32 heavy (non-hydrogen) atoms. The third kappa shape index (κ3) is 5.31. The van der Waals surface area contributed by atoms with E-state index in [-0.39, 0.29) is 34.6 Å². The minimum Gasteiger partial charge on any atom is -0.493 e. The molecule has 0 spiro atoms. The summed E-state index contributed by atoms with van der Waals surface area (Å²) in [6.45, 7) is -0.235. The van der Waals surface area contributed by atoms with Crippen LogP contribution in [0, 0.1) is 11.6 Å². The number of nitrogen functional groups attached to an aromatic ring is 1. The number of hydrazone groups is 1. The number of nitrogens with zero attached hydrogens (tertiary/aromatic N) is 5. The number of aromatic nitrogens is 4. The Morgan fingerprint density at radius 1 is 1.25 bits per heavy atom. The van der Waals surface area contributed by atoms with Crippen LogP contribution >= 0.6 is 11.6 Å². The summed E-state index contributed by atoms with van der Waals surface area (Å²) in [5.74, 6) is -3.87. The molecule has 2 aromatic carbocycles. The van der Waals surface area contributed by atoms with Gasteiger partial charge in [-0.2, -0.15) is 5.10 Å². The van der Waals surface area contributed by atoms with E-state index in [2.05, 4.69) is 26.1 Å². The fraction of sp³-hybridized carbons (Fsp3) is 0.111. The van der Waals surface area contributed by atoms with Crippen LogP contribution in [0.5, 0.6) is 11.5 Å². The Bertz CT molecular complexity index is 1200. The topological polar surface area (TPSA) is 147 Å².